The summed E-state index contributed by atoms with van der Waals surface area (Å²) in [6.45, 7) is 7.08. The van der Waals surface area contributed by atoms with Crippen LogP contribution in [0.3, 0.4) is 0 Å². The highest BCUT2D eigenvalue weighted by molar-refractivity contribution is 9.10. The van der Waals surface area contributed by atoms with Crippen molar-refractivity contribution in [1.82, 2.24) is 19.0 Å². The van der Waals surface area contributed by atoms with Gasteiger partial charge in [0.2, 0.25) is 0 Å². The molecule has 1 aliphatic carbocycles. The molecule has 4 rings (SSSR count). The Morgan fingerprint density at radius 2 is 2.16 bits per heavy atom. The second kappa shape index (κ2) is 8.78. The van der Waals surface area contributed by atoms with Crippen LogP contribution < -0.4 is 5.69 Å². The van der Waals surface area contributed by atoms with Crippen LogP contribution in [0.5, 0.6) is 0 Å². The van der Waals surface area contributed by atoms with Gasteiger partial charge < -0.3 is 9.47 Å². The van der Waals surface area contributed by atoms with Crippen molar-refractivity contribution in [3.05, 3.63) is 33.3 Å². The lowest BCUT2D eigenvalue weighted by Crippen LogP contribution is -2.52. The summed E-state index contributed by atoms with van der Waals surface area (Å²) in [4.78, 5) is 32.6. The van der Waals surface area contributed by atoms with Crippen LogP contribution in [0.2, 0.25) is 0 Å². The molecule has 0 saturated carbocycles. The van der Waals surface area contributed by atoms with E-state index in [1.165, 1.54) is 0 Å². The topological polar surface area (TPSA) is 78.6 Å². The third kappa shape index (κ3) is 4.72. The Hall–Kier alpha value is -2.13. The molecule has 0 radical (unpaired) electrons. The van der Waals surface area contributed by atoms with Crippen LogP contribution in [0.4, 0.5) is 4.79 Å². The first-order valence-corrected chi connectivity index (χ1v) is 11.6. The van der Waals surface area contributed by atoms with Gasteiger partial charge in [0.05, 0.1) is 31.3 Å². The number of carbonyl (C=O) groups is 1. The fraction of sp³-hybridized carbons (Fsp3) is 0.591. The SMILES string of the molecule is CC(C)(C)OC(=O)N1CCOCC1Cn1c(=O)n(C2=CCCCC2)c2ncc(Br)cc21. The number of nitrogens with zero attached hydrogens (tertiary/aromatic N) is 4. The fourth-order valence-electron chi connectivity index (χ4n) is 4.14. The number of hydrogen-bond donors (Lipinski definition) is 0. The number of ether oxygens (including phenoxy) is 2. The van der Waals surface area contributed by atoms with E-state index >= 15 is 0 Å². The minimum Gasteiger partial charge on any atom is -0.444 e. The van der Waals surface area contributed by atoms with Gasteiger partial charge in [0.25, 0.3) is 0 Å². The van der Waals surface area contributed by atoms with Crippen LogP contribution in [0.1, 0.15) is 46.5 Å². The molecular weight excluding hydrogens is 464 g/mol. The molecule has 1 atom stereocenters. The van der Waals surface area contributed by atoms with Crippen molar-refractivity contribution >= 4 is 38.9 Å². The molecule has 8 nitrogen and oxygen atoms in total. The number of hydrogen-bond acceptors (Lipinski definition) is 5. The molecule has 0 aromatic carbocycles. The number of amides is 1. The van der Waals surface area contributed by atoms with Crippen molar-refractivity contribution in [2.75, 3.05) is 19.8 Å². The molecular formula is C22H29BrN4O4. The monoisotopic (exact) mass is 492 g/mol. The molecule has 9 heteroatoms. The van der Waals surface area contributed by atoms with Crippen LogP contribution in [-0.2, 0) is 16.0 Å². The average Bonchev–Trinajstić information content (AvgIpc) is 2.99. The van der Waals surface area contributed by atoms with Gasteiger partial charge in [-0.15, -0.1) is 0 Å². The van der Waals surface area contributed by atoms with Gasteiger partial charge in [0.15, 0.2) is 5.65 Å². The smallest absolute Gasteiger partial charge is 0.410 e. The zero-order chi connectivity index (χ0) is 22.2. The van der Waals surface area contributed by atoms with Crippen LogP contribution in [0, 0.1) is 0 Å². The summed E-state index contributed by atoms with van der Waals surface area (Å²) in [5.41, 5.74) is 1.65. The molecule has 1 amide bonds. The summed E-state index contributed by atoms with van der Waals surface area (Å²) in [5, 5.41) is 0. The summed E-state index contributed by atoms with van der Waals surface area (Å²) in [5.74, 6) is 0. The van der Waals surface area contributed by atoms with Gasteiger partial charge in [-0.05, 0) is 68.5 Å². The summed E-state index contributed by atoms with van der Waals surface area (Å²) < 4.78 is 15.5. The van der Waals surface area contributed by atoms with Gasteiger partial charge in [-0.2, -0.15) is 0 Å². The number of aromatic nitrogens is 3. The first kappa shape index (κ1) is 22.1. The van der Waals surface area contributed by atoms with Crippen LogP contribution in [0.25, 0.3) is 16.9 Å². The van der Waals surface area contributed by atoms with E-state index in [0.29, 0.717) is 32.0 Å². The second-order valence-electron chi connectivity index (χ2n) is 9.07. The number of rotatable bonds is 3. The van der Waals surface area contributed by atoms with E-state index in [-0.39, 0.29) is 17.8 Å². The van der Waals surface area contributed by atoms with Crippen LogP contribution in [-0.4, -0.2) is 56.5 Å². The molecule has 1 saturated heterocycles. The molecule has 3 heterocycles. The van der Waals surface area contributed by atoms with E-state index in [0.717, 1.165) is 41.4 Å². The predicted molar refractivity (Wildman–Crippen MR) is 122 cm³/mol. The molecule has 1 aliphatic heterocycles. The van der Waals surface area contributed by atoms with Crippen molar-refractivity contribution in [2.24, 2.45) is 0 Å². The largest absolute Gasteiger partial charge is 0.444 e. The molecule has 2 aliphatic rings. The standard InChI is InChI=1S/C22H29BrN4O4/c1-22(2,3)31-21(29)25-9-10-30-14-17(25)13-26-18-11-15(23)12-24-19(18)27(20(26)28)16-7-5-4-6-8-16/h7,11-12,17H,4-6,8-10,13-14H2,1-3H3. The normalized spacial score (nSPS) is 20.1. The average molecular weight is 493 g/mol. The molecule has 1 fully saturated rings. The van der Waals surface area contributed by atoms with E-state index in [1.807, 2.05) is 26.8 Å². The molecule has 168 valence electrons. The number of fused-ring (bicyclic) bond motifs is 1. The Kier molecular flexibility index (Phi) is 6.25. The fourth-order valence-corrected chi connectivity index (χ4v) is 4.46. The minimum atomic E-state index is -0.588. The summed E-state index contributed by atoms with van der Waals surface area (Å²) in [7, 11) is 0. The van der Waals surface area contributed by atoms with Gasteiger partial charge in [-0.1, -0.05) is 6.08 Å². The third-order valence-corrected chi connectivity index (χ3v) is 5.98. The zero-order valence-corrected chi connectivity index (χ0v) is 19.9. The van der Waals surface area contributed by atoms with Gasteiger partial charge in [0.1, 0.15) is 5.60 Å². The van der Waals surface area contributed by atoms with E-state index in [4.69, 9.17) is 9.47 Å². The van der Waals surface area contributed by atoms with Crippen molar-refractivity contribution in [3.8, 4) is 0 Å². The number of pyridine rings is 1. The van der Waals surface area contributed by atoms with Crippen molar-refractivity contribution < 1.29 is 14.3 Å². The lowest BCUT2D eigenvalue weighted by Gasteiger charge is -2.36. The van der Waals surface area contributed by atoms with E-state index in [2.05, 4.69) is 27.0 Å². The van der Waals surface area contributed by atoms with E-state index < -0.39 is 5.60 Å². The van der Waals surface area contributed by atoms with E-state index in [1.54, 1.807) is 20.2 Å². The Morgan fingerprint density at radius 3 is 2.87 bits per heavy atom. The number of morpholine rings is 1. The van der Waals surface area contributed by atoms with Crippen molar-refractivity contribution in [1.29, 1.82) is 0 Å². The van der Waals surface area contributed by atoms with Crippen molar-refractivity contribution in [3.63, 3.8) is 0 Å². The highest BCUT2D eigenvalue weighted by atomic mass is 79.9. The lowest BCUT2D eigenvalue weighted by atomic mass is 10.0. The first-order chi connectivity index (χ1) is 14.7. The quantitative estimate of drug-likeness (QED) is 0.646. The molecule has 31 heavy (non-hydrogen) atoms. The highest BCUT2D eigenvalue weighted by Crippen LogP contribution is 2.26. The predicted octanol–water partition coefficient (Wildman–Crippen LogP) is 4.01. The van der Waals surface area contributed by atoms with Gasteiger partial charge in [0, 0.05) is 22.9 Å². The molecule has 2 aromatic rings. The first-order valence-electron chi connectivity index (χ1n) is 10.8. The van der Waals surface area contributed by atoms with Gasteiger partial charge in [-0.25, -0.2) is 19.1 Å². The Morgan fingerprint density at radius 1 is 1.35 bits per heavy atom. The van der Waals surface area contributed by atoms with Crippen molar-refractivity contribution in [2.45, 2.75) is 64.6 Å². The molecule has 1 unspecified atom stereocenters. The Labute approximate surface area is 189 Å². The van der Waals surface area contributed by atoms with Crippen LogP contribution in [0.15, 0.2) is 27.6 Å². The third-order valence-electron chi connectivity index (χ3n) is 5.54. The Balaban J connectivity index is 1.72. The molecule has 2 aromatic heterocycles. The number of imidazole rings is 1. The molecule has 0 spiro atoms. The number of halogens is 1. The van der Waals surface area contributed by atoms with Crippen LogP contribution >= 0.6 is 15.9 Å². The minimum absolute atomic E-state index is 0.136. The number of carbonyl (C=O) groups excluding carboxylic acids is 1. The van der Waals surface area contributed by atoms with E-state index in [9.17, 15) is 9.59 Å². The lowest BCUT2D eigenvalue weighted by molar-refractivity contribution is -0.0358. The van der Waals surface area contributed by atoms with Gasteiger partial charge in [-0.3, -0.25) is 9.47 Å². The number of allylic oxidation sites excluding steroid dienone is 2. The summed E-state index contributed by atoms with van der Waals surface area (Å²) in [6.07, 6.45) is 7.48. The maximum atomic E-state index is 13.5. The molecule has 0 bridgehead atoms. The zero-order valence-electron chi connectivity index (χ0n) is 18.3. The maximum Gasteiger partial charge on any atom is 0.410 e. The Bertz CT molecular complexity index is 1070. The summed E-state index contributed by atoms with van der Waals surface area (Å²) >= 11 is 3.48. The summed E-state index contributed by atoms with van der Waals surface area (Å²) in [6, 6.07) is 1.60. The molecule has 0 N–H and O–H groups in total. The maximum absolute atomic E-state index is 13.5. The van der Waals surface area contributed by atoms with Gasteiger partial charge >= 0.3 is 11.8 Å². The highest BCUT2D eigenvalue weighted by Gasteiger charge is 2.32. The second-order valence-corrected chi connectivity index (χ2v) is 9.98.